The van der Waals surface area contributed by atoms with E-state index in [0.29, 0.717) is 30.5 Å². The molecule has 0 atom stereocenters. The average Bonchev–Trinajstić information content (AvgIpc) is 2.59. The van der Waals surface area contributed by atoms with E-state index in [2.05, 4.69) is 0 Å². The van der Waals surface area contributed by atoms with E-state index >= 15 is 0 Å². The smallest absolute Gasteiger partial charge is 0.366 e. The zero-order chi connectivity index (χ0) is 20.0. The number of anilines is 1. The number of carbonyl (C=O) groups excluding carboxylic acids is 1. The van der Waals surface area contributed by atoms with Crippen LogP contribution >= 0.6 is 0 Å². The Kier molecular flexibility index (Phi) is 4.62. The Morgan fingerprint density at radius 3 is 2.48 bits per heavy atom. The summed E-state index contributed by atoms with van der Waals surface area (Å²) in [7, 11) is -4.65. The van der Waals surface area contributed by atoms with Gasteiger partial charge in [-0.3, -0.25) is 9.10 Å². The number of alkyl halides is 3. The number of rotatable bonds is 3. The van der Waals surface area contributed by atoms with Crippen molar-refractivity contribution in [2.45, 2.75) is 23.9 Å². The van der Waals surface area contributed by atoms with Crippen molar-refractivity contribution in [2.75, 3.05) is 10.8 Å². The van der Waals surface area contributed by atoms with Crippen LogP contribution in [0.2, 0.25) is 0 Å². The van der Waals surface area contributed by atoms with E-state index in [9.17, 15) is 30.8 Å². The maximum Gasteiger partial charge on any atom is 0.417 e. The van der Waals surface area contributed by atoms with Gasteiger partial charge in [-0.2, -0.15) is 13.2 Å². The third kappa shape index (κ3) is 3.36. The molecular formula is C17H14F4N2O3S. The highest BCUT2D eigenvalue weighted by molar-refractivity contribution is 7.92. The summed E-state index contributed by atoms with van der Waals surface area (Å²) >= 11 is 0. The van der Waals surface area contributed by atoms with Crippen LogP contribution in [0.1, 0.15) is 27.9 Å². The minimum absolute atomic E-state index is 0.0772. The van der Waals surface area contributed by atoms with E-state index in [0.717, 1.165) is 4.31 Å². The Morgan fingerprint density at radius 2 is 1.85 bits per heavy atom. The van der Waals surface area contributed by atoms with E-state index in [1.165, 1.54) is 18.2 Å². The summed E-state index contributed by atoms with van der Waals surface area (Å²) in [5.41, 5.74) is 4.28. The van der Waals surface area contributed by atoms with Crippen molar-refractivity contribution in [3.05, 3.63) is 58.9 Å². The number of nitrogens with two attached hydrogens (primary N) is 1. The highest BCUT2D eigenvalue weighted by Gasteiger charge is 2.40. The van der Waals surface area contributed by atoms with Gasteiger partial charge >= 0.3 is 6.18 Å². The van der Waals surface area contributed by atoms with Crippen LogP contribution in [-0.4, -0.2) is 20.9 Å². The number of amides is 1. The first-order chi connectivity index (χ1) is 12.5. The number of benzene rings is 2. The van der Waals surface area contributed by atoms with E-state index in [-0.39, 0.29) is 23.9 Å². The lowest BCUT2D eigenvalue weighted by Gasteiger charge is -2.32. The zero-order valence-electron chi connectivity index (χ0n) is 13.8. The lowest BCUT2D eigenvalue weighted by molar-refractivity contribution is -0.140. The van der Waals surface area contributed by atoms with E-state index < -0.39 is 38.4 Å². The Balaban J connectivity index is 2.20. The maximum absolute atomic E-state index is 13.3. The summed E-state index contributed by atoms with van der Waals surface area (Å²) in [6, 6.07) is 5.64. The molecule has 10 heteroatoms. The van der Waals surface area contributed by atoms with Crippen LogP contribution in [0.5, 0.6) is 0 Å². The molecule has 0 spiro atoms. The predicted molar refractivity (Wildman–Crippen MR) is 89.2 cm³/mol. The van der Waals surface area contributed by atoms with Crippen molar-refractivity contribution in [1.82, 2.24) is 0 Å². The van der Waals surface area contributed by atoms with Gasteiger partial charge in [-0.05, 0) is 48.7 Å². The number of nitrogens with zero attached hydrogens (tertiary/aromatic N) is 1. The van der Waals surface area contributed by atoms with Gasteiger partial charge in [-0.25, -0.2) is 12.8 Å². The van der Waals surface area contributed by atoms with Gasteiger partial charge in [0.15, 0.2) is 0 Å². The standard InChI is InChI=1S/C17H14F4N2O3S/c18-10-6-7-15(13(9-10)17(19,20)21)27(25,26)23-8-2-4-11-12(16(22)24)3-1-5-14(11)23/h1,3,5-7,9H,2,4,8H2,(H2,22,24). The first-order valence-electron chi connectivity index (χ1n) is 7.84. The second-order valence-corrected chi connectivity index (χ2v) is 7.82. The predicted octanol–water partition coefficient (Wildman–Crippen LogP) is 3.08. The molecule has 1 aliphatic rings. The van der Waals surface area contributed by atoms with Crippen LogP contribution in [0.15, 0.2) is 41.3 Å². The topological polar surface area (TPSA) is 80.5 Å². The lowest BCUT2D eigenvalue weighted by atomic mass is 9.97. The van der Waals surface area contributed by atoms with Crippen molar-refractivity contribution in [3.63, 3.8) is 0 Å². The van der Waals surface area contributed by atoms with Crippen molar-refractivity contribution in [2.24, 2.45) is 5.73 Å². The van der Waals surface area contributed by atoms with Crippen LogP contribution in [-0.2, 0) is 22.6 Å². The second-order valence-electron chi connectivity index (χ2n) is 5.99. The van der Waals surface area contributed by atoms with Gasteiger partial charge in [0.1, 0.15) is 5.82 Å². The molecule has 5 nitrogen and oxygen atoms in total. The first kappa shape index (κ1) is 19.2. The molecule has 27 heavy (non-hydrogen) atoms. The molecule has 1 heterocycles. The number of hydrogen-bond acceptors (Lipinski definition) is 3. The van der Waals surface area contributed by atoms with Gasteiger partial charge in [0, 0.05) is 12.1 Å². The number of halogens is 4. The molecule has 1 aliphatic heterocycles. The highest BCUT2D eigenvalue weighted by atomic mass is 32.2. The van der Waals surface area contributed by atoms with Crippen molar-refractivity contribution in [3.8, 4) is 0 Å². The van der Waals surface area contributed by atoms with E-state index in [1.54, 1.807) is 0 Å². The normalized spacial score (nSPS) is 14.7. The Hall–Kier alpha value is -2.62. The molecule has 0 bridgehead atoms. The van der Waals surface area contributed by atoms with Crippen LogP contribution in [0.25, 0.3) is 0 Å². The van der Waals surface area contributed by atoms with Gasteiger partial charge in [-0.1, -0.05) is 6.07 Å². The average molecular weight is 402 g/mol. The summed E-state index contributed by atoms with van der Waals surface area (Å²) in [5, 5.41) is 0. The Labute approximate surface area is 152 Å². The van der Waals surface area contributed by atoms with Gasteiger partial charge in [0.25, 0.3) is 10.0 Å². The fraction of sp³-hybridized carbons (Fsp3) is 0.235. The molecule has 0 radical (unpaired) electrons. The molecule has 0 saturated heterocycles. The van der Waals surface area contributed by atoms with Gasteiger partial charge < -0.3 is 5.73 Å². The largest absolute Gasteiger partial charge is 0.417 e. The Morgan fingerprint density at radius 1 is 1.15 bits per heavy atom. The molecule has 2 N–H and O–H groups in total. The van der Waals surface area contributed by atoms with Gasteiger partial charge in [-0.15, -0.1) is 0 Å². The minimum atomic E-state index is -5.06. The van der Waals surface area contributed by atoms with Crippen LogP contribution < -0.4 is 10.0 Å². The number of fused-ring (bicyclic) bond motifs is 1. The van der Waals surface area contributed by atoms with E-state index in [4.69, 9.17) is 5.73 Å². The fourth-order valence-corrected chi connectivity index (χ4v) is 4.87. The molecule has 2 aromatic rings. The summed E-state index contributed by atoms with van der Waals surface area (Å²) < 4.78 is 80.0. The van der Waals surface area contributed by atoms with Crippen molar-refractivity contribution >= 4 is 21.6 Å². The molecule has 1 amide bonds. The number of primary amides is 1. The molecule has 0 aromatic heterocycles. The molecular weight excluding hydrogens is 388 g/mol. The second kappa shape index (κ2) is 6.52. The van der Waals surface area contributed by atoms with Crippen LogP contribution in [0.3, 0.4) is 0 Å². The monoisotopic (exact) mass is 402 g/mol. The fourth-order valence-electron chi connectivity index (χ4n) is 3.14. The summed E-state index contributed by atoms with van der Waals surface area (Å²) in [5.74, 6) is -1.96. The van der Waals surface area contributed by atoms with Crippen molar-refractivity contribution < 1.29 is 30.8 Å². The third-order valence-electron chi connectivity index (χ3n) is 4.29. The van der Waals surface area contributed by atoms with Crippen molar-refractivity contribution in [1.29, 1.82) is 0 Å². The highest BCUT2D eigenvalue weighted by Crippen LogP contribution is 2.39. The molecule has 0 saturated carbocycles. The number of sulfonamides is 1. The quantitative estimate of drug-likeness (QED) is 0.802. The van der Waals surface area contributed by atoms with Gasteiger partial charge in [0.05, 0.1) is 16.1 Å². The van der Waals surface area contributed by atoms with Gasteiger partial charge in [0.2, 0.25) is 5.91 Å². The Bertz CT molecular complexity index is 1020. The molecule has 0 aliphatic carbocycles. The maximum atomic E-state index is 13.3. The summed E-state index contributed by atoms with van der Waals surface area (Å²) in [4.78, 5) is 10.5. The molecule has 2 aromatic carbocycles. The molecule has 0 fully saturated rings. The third-order valence-corrected chi connectivity index (χ3v) is 6.16. The summed E-state index contributed by atoms with van der Waals surface area (Å²) in [6.07, 6.45) is -4.41. The minimum Gasteiger partial charge on any atom is -0.366 e. The van der Waals surface area contributed by atoms with E-state index in [1.807, 2.05) is 0 Å². The lowest BCUT2D eigenvalue weighted by Crippen LogP contribution is -2.37. The first-order valence-corrected chi connectivity index (χ1v) is 9.28. The number of hydrogen-bond donors (Lipinski definition) is 1. The van der Waals surface area contributed by atoms with Crippen LogP contribution in [0, 0.1) is 5.82 Å². The zero-order valence-corrected chi connectivity index (χ0v) is 14.6. The number of carbonyl (C=O) groups is 1. The van der Waals surface area contributed by atoms with Crippen LogP contribution in [0.4, 0.5) is 23.2 Å². The SMILES string of the molecule is NC(=O)c1cccc2c1CCCN2S(=O)(=O)c1ccc(F)cc1C(F)(F)F. The molecule has 3 rings (SSSR count). The summed E-state index contributed by atoms with van der Waals surface area (Å²) in [6.45, 7) is -0.0772. The molecule has 144 valence electrons. The molecule has 0 unspecified atom stereocenters.